The standard InChI is InChI=1S/C48H92O6/c1-6-7-8-9-10-11-14-18-23-28-33-38-46(49)52-41-45(42-53-47(50)39-34-29-25-20-22-27-32-37-44(4)5)54-48(51)40-35-30-24-19-16-13-12-15-17-21-26-31-36-43(2)3/h43-45H,6-42H2,1-5H3/t45-/m0/s1. The van der Waals surface area contributed by atoms with Crippen molar-refractivity contribution in [1.82, 2.24) is 0 Å². The van der Waals surface area contributed by atoms with Crippen molar-refractivity contribution < 1.29 is 28.6 Å². The highest BCUT2D eigenvalue weighted by Gasteiger charge is 2.19. The minimum Gasteiger partial charge on any atom is -0.462 e. The number of ether oxygens (including phenoxy) is 3. The summed E-state index contributed by atoms with van der Waals surface area (Å²) in [5.41, 5.74) is 0. The smallest absolute Gasteiger partial charge is 0.306 e. The molecule has 0 bridgehead atoms. The molecule has 0 aliphatic rings. The molecule has 0 fully saturated rings. The first kappa shape index (κ1) is 52.4. The van der Waals surface area contributed by atoms with Crippen molar-refractivity contribution in [2.45, 2.75) is 265 Å². The lowest BCUT2D eigenvalue weighted by molar-refractivity contribution is -0.167. The number of carbonyl (C=O) groups excluding carboxylic acids is 3. The van der Waals surface area contributed by atoms with Crippen LogP contribution in [-0.2, 0) is 28.6 Å². The molecular weight excluding hydrogens is 673 g/mol. The quantitative estimate of drug-likeness (QED) is 0.0350. The van der Waals surface area contributed by atoms with E-state index in [9.17, 15) is 14.4 Å². The Morgan fingerprint density at radius 1 is 0.352 bits per heavy atom. The summed E-state index contributed by atoms with van der Waals surface area (Å²) in [5.74, 6) is 0.756. The monoisotopic (exact) mass is 765 g/mol. The maximum Gasteiger partial charge on any atom is 0.306 e. The van der Waals surface area contributed by atoms with Gasteiger partial charge in [-0.05, 0) is 31.1 Å². The minimum atomic E-state index is -0.760. The van der Waals surface area contributed by atoms with Gasteiger partial charge in [0, 0.05) is 19.3 Å². The van der Waals surface area contributed by atoms with Gasteiger partial charge in [0.05, 0.1) is 0 Å². The summed E-state index contributed by atoms with van der Waals surface area (Å²) in [6.07, 6.45) is 39.5. The van der Waals surface area contributed by atoms with Crippen molar-refractivity contribution in [3.63, 3.8) is 0 Å². The Balaban J connectivity index is 4.32. The van der Waals surface area contributed by atoms with E-state index >= 15 is 0 Å². The van der Waals surface area contributed by atoms with Gasteiger partial charge in [0.15, 0.2) is 6.10 Å². The van der Waals surface area contributed by atoms with E-state index in [0.29, 0.717) is 19.3 Å². The topological polar surface area (TPSA) is 78.9 Å². The summed E-state index contributed by atoms with van der Waals surface area (Å²) in [7, 11) is 0. The van der Waals surface area contributed by atoms with Gasteiger partial charge in [-0.3, -0.25) is 14.4 Å². The van der Waals surface area contributed by atoms with Crippen LogP contribution >= 0.6 is 0 Å². The van der Waals surface area contributed by atoms with Gasteiger partial charge in [-0.1, -0.05) is 221 Å². The van der Waals surface area contributed by atoms with Crippen LogP contribution in [-0.4, -0.2) is 37.2 Å². The van der Waals surface area contributed by atoms with Gasteiger partial charge in [-0.2, -0.15) is 0 Å². The Labute approximate surface area is 336 Å². The molecule has 0 radical (unpaired) electrons. The number of hydrogen-bond acceptors (Lipinski definition) is 6. The lowest BCUT2D eigenvalue weighted by atomic mass is 10.0. The lowest BCUT2D eigenvalue weighted by Gasteiger charge is -2.18. The number of hydrogen-bond donors (Lipinski definition) is 0. The molecule has 6 heteroatoms. The average Bonchev–Trinajstić information content (AvgIpc) is 3.14. The van der Waals surface area contributed by atoms with Crippen LogP contribution in [0.4, 0.5) is 0 Å². The molecule has 0 aromatic carbocycles. The molecule has 6 nitrogen and oxygen atoms in total. The van der Waals surface area contributed by atoms with Crippen LogP contribution < -0.4 is 0 Å². The molecule has 320 valence electrons. The third kappa shape index (κ3) is 41.6. The van der Waals surface area contributed by atoms with Crippen LogP contribution in [0.2, 0.25) is 0 Å². The van der Waals surface area contributed by atoms with Gasteiger partial charge in [-0.25, -0.2) is 0 Å². The first-order chi connectivity index (χ1) is 26.2. The highest BCUT2D eigenvalue weighted by Crippen LogP contribution is 2.17. The first-order valence-electron chi connectivity index (χ1n) is 23.7. The van der Waals surface area contributed by atoms with Crippen molar-refractivity contribution in [2.24, 2.45) is 11.8 Å². The van der Waals surface area contributed by atoms with Gasteiger partial charge >= 0.3 is 17.9 Å². The van der Waals surface area contributed by atoms with Gasteiger partial charge in [0.25, 0.3) is 0 Å². The molecule has 0 spiro atoms. The number of carbonyl (C=O) groups is 3. The highest BCUT2D eigenvalue weighted by molar-refractivity contribution is 5.71. The Bertz CT molecular complexity index is 824. The second kappa shape index (κ2) is 41.1. The Morgan fingerprint density at radius 3 is 0.907 bits per heavy atom. The van der Waals surface area contributed by atoms with E-state index in [1.807, 2.05) is 0 Å². The lowest BCUT2D eigenvalue weighted by Crippen LogP contribution is -2.30. The van der Waals surface area contributed by atoms with E-state index in [2.05, 4.69) is 34.6 Å². The zero-order valence-corrected chi connectivity index (χ0v) is 36.8. The molecule has 0 saturated carbocycles. The molecule has 0 aliphatic carbocycles. The highest BCUT2D eigenvalue weighted by atomic mass is 16.6. The molecule has 0 aromatic rings. The second-order valence-electron chi connectivity index (χ2n) is 17.3. The van der Waals surface area contributed by atoms with Crippen LogP contribution in [0.15, 0.2) is 0 Å². The van der Waals surface area contributed by atoms with Crippen LogP contribution in [0.1, 0.15) is 259 Å². The summed E-state index contributed by atoms with van der Waals surface area (Å²) in [5, 5.41) is 0. The SMILES string of the molecule is CCCCCCCCCCCCCC(=O)OC[C@@H](COC(=O)CCCCCCCCCC(C)C)OC(=O)CCCCCCCCCCCCCCC(C)C. The average molecular weight is 765 g/mol. The van der Waals surface area contributed by atoms with Gasteiger partial charge < -0.3 is 14.2 Å². The summed E-state index contributed by atoms with van der Waals surface area (Å²) in [6.45, 7) is 11.3. The Morgan fingerprint density at radius 2 is 0.611 bits per heavy atom. The Kier molecular flexibility index (Phi) is 39.8. The zero-order chi connectivity index (χ0) is 39.7. The van der Waals surface area contributed by atoms with Gasteiger partial charge in [-0.15, -0.1) is 0 Å². The molecule has 1 atom stereocenters. The van der Waals surface area contributed by atoms with Crippen molar-refractivity contribution >= 4 is 17.9 Å². The molecule has 0 N–H and O–H groups in total. The largest absolute Gasteiger partial charge is 0.462 e. The van der Waals surface area contributed by atoms with Crippen molar-refractivity contribution in [3.05, 3.63) is 0 Å². The number of unbranched alkanes of at least 4 members (excludes halogenated alkanes) is 27. The molecule has 0 heterocycles. The zero-order valence-electron chi connectivity index (χ0n) is 36.8. The van der Waals surface area contributed by atoms with Crippen molar-refractivity contribution in [1.29, 1.82) is 0 Å². The fourth-order valence-corrected chi connectivity index (χ4v) is 7.11. The molecule has 0 unspecified atom stereocenters. The van der Waals surface area contributed by atoms with Crippen LogP contribution in [0, 0.1) is 11.8 Å². The third-order valence-electron chi connectivity index (χ3n) is 10.7. The molecule has 0 aromatic heterocycles. The van der Waals surface area contributed by atoms with E-state index < -0.39 is 6.10 Å². The summed E-state index contributed by atoms with van der Waals surface area (Å²) >= 11 is 0. The van der Waals surface area contributed by atoms with E-state index in [4.69, 9.17) is 14.2 Å². The van der Waals surface area contributed by atoms with Crippen LogP contribution in [0.5, 0.6) is 0 Å². The van der Waals surface area contributed by atoms with E-state index in [1.54, 1.807) is 0 Å². The minimum absolute atomic E-state index is 0.0648. The van der Waals surface area contributed by atoms with E-state index in [-0.39, 0.29) is 31.1 Å². The van der Waals surface area contributed by atoms with Crippen LogP contribution in [0.3, 0.4) is 0 Å². The second-order valence-corrected chi connectivity index (χ2v) is 17.3. The predicted molar refractivity (Wildman–Crippen MR) is 229 cm³/mol. The summed E-state index contributed by atoms with van der Waals surface area (Å²) in [6, 6.07) is 0. The molecule has 0 amide bonds. The van der Waals surface area contributed by atoms with Crippen molar-refractivity contribution in [3.8, 4) is 0 Å². The molecular formula is C48H92O6. The molecule has 54 heavy (non-hydrogen) atoms. The predicted octanol–water partition coefficient (Wildman–Crippen LogP) is 15.0. The van der Waals surface area contributed by atoms with Gasteiger partial charge in [0.2, 0.25) is 0 Å². The Hall–Kier alpha value is -1.59. The fraction of sp³-hybridized carbons (Fsp3) is 0.938. The first-order valence-corrected chi connectivity index (χ1v) is 23.7. The molecule has 0 saturated heterocycles. The fourth-order valence-electron chi connectivity index (χ4n) is 7.11. The number of esters is 3. The molecule has 0 rings (SSSR count). The maximum absolute atomic E-state index is 12.7. The molecule has 0 aliphatic heterocycles. The maximum atomic E-state index is 12.7. The summed E-state index contributed by atoms with van der Waals surface area (Å²) in [4.78, 5) is 37.7. The normalized spacial score (nSPS) is 12.1. The van der Waals surface area contributed by atoms with Crippen LogP contribution in [0.25, 0.3) is 0 Å². The van der Waals surface area contributed by atoms with E-state index in [1.165, 1.54) is 148 Å². The van der Waals surface area contributed by atoms with E-state index in [0.717, 1.165) is 69.6 Å². The van der Waals surface area contributed by atoms with Crippen molar-refractivity contribution in [2.75, 3.05) is 13.2 Å². The van der Waals surface area contributed by atoms with Gasteiger partial charge in [0.1, 0.15) is 13.2 Å². The third-order valence-corrected chi connectivity index (χ3v) is 10.7. The number of rotatable bonds is 42. The summed E-state index contributed by atoms with van der Waals surface area (Å²) < 4.78 is 16.7.